The standard InChI is InChI=1S/C17H18ClN3O2.ClH/c1-20-7-5-13(10-16(20)22)17(23)21-8-6-19-11-15(21)12-3-2-4-14(18)9-12;/h2-5,7,9-10,15,19H,6,8,11H2,1H3;1H. The zero-order chi connectivity index (χ0) is 16.4. The van der Waals surface area contributed by atoms with Gasteiger partial charge in [-0.1, -0.05) is 23.7 Å². The van der Waals surface area contributed by atoms with Gasteiger partial charge < -0.3 is 14.8 Å². The molecule has 128 valence electrons. The predicted octanol–water partition coefficient (Wildman–Crippen LogP) is 2.25. The zero-order valence-corrected chi connectivity index (χ0v) is 14.8. The minimum atomic E-state index is -0.190. The van der Waals surface area contributed by atoms with Crippen molar-refractivity contribution in [3.63, 3.8) is 0 Å². The fraction of sp³-hybridized carbons (Fsp3) is 0.294. The van der Waals surface area contributed by atoms with Gasteiger partial charge in [0.05, 0.1) is 6.04 Å². The van der Waals surface area contributed by atoms with E-state index >= 15 is 0 Å². The lowest BCUT2D eigenvalue weighted by Gasteiger charge is -2.36. The number of nitrogens with zero attached hydrogens (tertiary/aromatic N) is 2. The molecule has 1 N–H and O–H groups in total. The van der Waals surface area contributed by atoms with Crippen LogP contribution < -0.4 is 10.9 Å². The number of piperazine rings is 1. The van der Waals surface area contributed by atoms with Crippen LogP contribution in [0.1, 0.15) is 22.0 Å². The van der Waals surface area contributed by atoms with Gasteiger partial charge in [-0.25, -0.2) is 0 Å². The molecule has 1 aliphatic heterocycles. The molecule has 7 heteroatoms. The Hall–Kier alpha value is -1.82. The first-order chi connectivity index (χ1) is 11.1. The van der Waals surface area contributed by atoms with Crippen molar-refractivity contribution in [2.24, 2.45) is 7.05 Å². The molecule has 1 amide bonds. The SMILES string of the molecule is Cl.Cn1ccc(C(=O)N2CCNCC2c2cccc(Cl)c2)cc1=O. The smallest absolute Gasteiger partial charge is 0.254 e. The van der Waals surface area contributed by atoms with Gasteiger partial charge in [-0.3, -0.25) is 9.59 Å². The molecule has 3 rings (SSSR count). The molecule has 0 spiro atoms. The van der Waals surface area contributed by atoms with Gasteiger partial charge in [-0.05, 0) is 23.8 Å². The maximum absolute atomic E-state index is 12.8. The van der Waals surface area contributed by atoms with E-state index in [4.69, 9.17) is 11.6 Å². The van der Waals surface area contributed by atoms with E-state index in [-0.39, 0.29) is 29.9 Å². The monoisotopic (exact) mass is 367 g/mol. The minimum Gasteiger partial charge on any atom is -0.329 e. The fourth-order valence-corrected chi connectivity index (χ4v) is 3.01. The lowest BCUT2D eigenvalue weighted by molar-refractivity contribution is 0.0634. The molecule has 1 fully saturated rings. The summed E-state index contributed by atoms with van der Waals surface area (Å²) < 4.78 is 1.45. The average Bonchev–Trinajstić information content (AvgIpc) is 2.57. The molecular formula is C17H19Cl2N3O2. The van der Waals surface area contributed by atoms with Crippen LogP contribution in [0.5, 0.6) is 0 Å². The molecule has 1 aromatic carbocycles. The second kappa shape index (κ2) is 7.83. The fourth-order valence-electron chi connectivity index (χ4n) is 2.81. The van der Waals surface area contributed by atoms with Gasteiger partial charge in [0, 0.05) is 49.5 Å². The van der Waals surface area contributed by atoms with Gasteiger partial charge in [0.1, 0.15) is 0 Å². The predicted molar refractivity (Wildman–Crippen MR) is 97.0 cm³/mol. The molecule has 0 saturated carbocycles. The molecule has 1 atom stereocenters. The van der Waals surface area contributed by atoms with Gasteiger partial charge in [0.25, 0.3) is 11.5 Å². The number of hydrogen-bond donors (Lipinski definition) is 1. The average molecular weight is 368 g/mol. The summed E-state index contributed by atoms with van der Waals surface area (Å²) in [6, 6.07) is 10.5. The van der Waals surface area contributed by atoms with Crippen LogP contribution in [0.15, 0.2) is 47.4 Å². The van der Waals surface area contributed by atoms with E-state index in [9.17, 15) is 9.59 Å². The Kier molecular flexibility index (Phi) is 6.04. The van der Waals surface area contributed by atoms with Crippen molar-refractivity contribution < 1.29 is 4.79 Å². The molecule has 1 aliphatic rings. The van der Waals surface area contributed by atoms with Gasteiger partial charge in [0.15, 0.2) is 0 Å². The molecule has 0 radical (unpaired) electrons. The van der Waals surface area contributed by atoms with E-state index in [0.717, 1.165) is 12.1 Å². The van der Waals surface area contributed by atoms with Crippen LogP contribution in [0, 0.1) is 0 Å². The second-order valence-electron chi connectivity index (χ2n) is 5.64. The molecule has 24 heavy (non-hydrogen) atoms. The highest BCUT2D eigenvalue weighted by Gasteiger charge is 2.28. The Labute approximate surface area is 151 Å². The number of nitrogens with one attached hydrogen (secondary N) is 1. The summed E-state index contributed by atoms with van der Waals surface area (Å²) in [6.45, 7) is 1.98. The van der Waals surface area contributed by atoms with E-state index < -0.39 is 0 Å². The van der Waals surface area contributed by atoms with Crippen LogP contribution in [0.25, 0.3) is 0 Å². The topological polar surface area (TPSA) is 54.3 Å². The van der Waals surface area contributed by atoms with E-state index in [2.05, 4.69) is 5.32 Å². The summed E-state index contributed by atoms with van der Waals surface area (Å²) in [6.07, 6.45) is 1.62. The van der Waals surface area contributed by atoms with Crippen LogP contribution in [-0.4, -0.2) is 35.0 Å². The molecule has 1 saturated heterocycles. The number of benzene rings is 1. The largest absolute Gasteiger partial charge is 0.329 e. The number of amides is 1. The van der Waals surface area contributed by atoms with Crippen molar-refractivity contribution >= 4 is 29.9 Å². The van der Waals surface area contributed by atoms with E-state index in [0.29, 0.717) is 23.7 Å². The number of rotatable bonds is 2. The normalized spacial score (nSPS) is 17.2. The first-order valence-electron chi connectivity index (χ1n) is 7.50. The van der Waals surface area contributed by atoms with Crippen LogP contribution in [-0.2, 0) is 7.05 Å². The molecular weight excluding hydrogens is 349 g/mol. The van der Waals surface area contributed by atoms with Crippen molar-refractivity contribution in [3.05, 3.63) is 69.1 Å². The van der Waals surface area contributed by atoms with Crippen molar-refractivity contribution in [2.45, 2.75) is 6.04 Å². The van der Waals surface area contributed by atoms with E-state index in [1.54, 1.807) is 24.2 Å². The number of carbonyl (C=O) groups is 1. The summed E-state index contributed by atoms with van der Waals surface area (Å²) in [5.74, 6) is -0.130. The Morgan fingerprint density at radius 1 is 1.29 bits per heavy atom. The van der Waals surface area contributed by atoms with Crippen LogP contribution in [0.2, 0.25) is 5.02 Å². The highest BCUT2D eigenvalue weighted by molar-refractivity contribution is 6.30. The molecule has 5 nitrogen and oxygen atoms in total. The van der Waals surface area contributed by atoms with Crippen LogP contribution >= 0.6 is 24.0 Å². The van der Waals surface area contributed by atoms with E-state index in [1.165, 1.54) is 10.6 Å². The molecule has 0 aliphatic carbocycles. The van der Waals surface area contributed by atoms with Gasteiger partial charge in [0.2, 0.25) is 0 Å². The Morgan fingerprint density at radius 2 is 2.08 bits per heavy atom. The van der Waals surface area contributed by atoms with Crippen molar-refractivity contribution in [1.29, 1.82) is 0 Å². The third-order valence-corrected chi connectivity index (χ3v) is 4.32. The molecule has 2 aromatic rings. The minimum absolute atomic E-state index is 0. The van der Waals surface area contributed by atoms with Crippen molar-refractivity contribution in [3.8, 4) is 0 Å². The Bertz CT molecular complexity index is 791. The number of aryl methyl sites for hydroxylation is 1. The van der Waals surface area contributed by atoms with Crippen molar-refractivity contribution in [1.82, 2.24) is 14.8 Å². The quantitative estimate of drug-likeness (QED) is 0.885. The summed E-state index contributed by atoms with van der Waals surface area (Å²) in [5, 5.41) is 3.95. The van der Waals surface area contributed by atoms with Crippen LogP contribution in [0.4, 0.5) is 0 Å². The molecule has 2 heterocycles. The Balaban J connectivity index is 0.00000208. The number of pyridine rings is 1. The zero-order valence-electron chi connectivity index (χ0n) is 13.2. The van der Waals surface area contributed by atoms with Gasteiger partial charge in [-0.2, -0.15) is 0 Å². The summed E-state index contributed by atoms with van der Waals surface area (Å²) in [5.41, 5.74) is 1.22. The number of halogens is 2. The maximum Gasteiger partial charge on any atom is 0.254 e. The maximum atomic E-state index is 12.8. The number of carbonyl (C=O) groups excluding carboxylic acids is 1. The Morgan fingerprint density at radius 3 is 2.79 bits per heavy atom. The number of aromatic nitrogens is 1. The van der Waals surface area contributed by atoms with Gasteiger partial charge in [-0.15, -0.1) is 12.4 Å². The van der Waals surface area contributed by atoms with Crippen molar-refractivity contribution in [2.75, 3.05) is 19.6 Å². The molecule has 1 aromatic heterocycles. The van der Waals surface area contributed by atoms with Crippen LogP contribution in [0.3, 0.4) is 0 Å². The lowest BCUT2D eigenvalue weighted by Crippen LogP contribution is -2.48. The molecule has 0 bridgehead atoms. The lowest BCUT2D eigenvalue weighted by atomic mass is 10.0. The summed E-state index contributed by atoms with van der Waals surface area (Å²) in [7, 11) is 1.66. The second-order valence-corrected chi connectivity index (χ2v) is 6.07. The van der Waals surface area contributed by atoms with Gasteiger partial charge >= 0.3 is 0 Å². The third kappa shape index (κ3) is 3.80. The third-order valence-electron chi connectivity index (χ3n) is 4.09. The first-order valence-corrected chi connectivity index (χ1v) is 7.88. The molecule has 1 unspecified atom stereocenters. The number of hydrogen-bond acceptors (Lipinski definition) is 3. The van der Waals surface area contributed by atoms with E-state index in [1.807, 2.05) is 24.3 Å². The summed E-state index contributed by atoms with van der Waals surface area (Å²) >= 11 is 6.08. The first kappa shape index (κ1) is 18.5. The highest BCUT2D eigenvalue weighted by atomic mass is 35.5. The highest BCUT2D eigenvalue weighted by Crippen LogP contribution is 2.26. The summed E-state index contributed by atoms with van der Waals surface area (Å²) in [4.78, 5) is 26.4.